The van der Waals surface area contributed by atoms with Crippen LogP contribution in [0.2, 0.25) is 0 Å². The van der Waals surface area contributed by atoms with Crippen LogP contribution in [0.3, 0.4) is 0 Å². The van der Waals surface area contributed by atoms with Gasteiger partial charge >= 0.3 is 0 Å². The van der Waals surface area contributed by atoms with Crippen LogP contribution in [0.4, 0.5) is 5.00 Å². The third-order valence-electron chi connectivity index (χ3n) is 5.37. The summed E-state index contributed by atoms with van der Waals surface area (Å²) in [6.45, 7) is 1.60. The van der Waals surface area contributed by atoms with E-state index in [0.717, 1.165) is 28.0 Å². The van der Waals surface area contributed by atoms with Crippen molar-refractivity contribution in [2.75, 3.05) is 5.32 Å². The third kappa shape index (κ3) is 3.81. The minimum atomic E-state index is -1.55. The van der Waals surface area contributed by atoms with Crippen molar-refractivity contribution in [1.82, 2.24) is 9.78 Å². The zero-order valence-corrected chi connectivity index (χ0v) is 17.5. The Morgan fingerprint density at radius 1 is 1.29 bits per heavy atom. The molecule has 0 bridgehead atoms. The number of hydrogen-bond donors (Lipinski definition) is 2. The number of rotatable bonds is 5. The van der Waals surface area contributed by atoms with Crippen LogP contribution in [0.25, 0.3) is 10.8 Å². The van der Waals surface area contributed by atoms with Crippen molar-refractivity contribution < 1.29 is 19.5 Å². The van der Waals surface area contributed by atoms with E-state index in [-0.39, 0.29) is 10.8 Å². The van der Waals surface area contributed by atoms with Crippen molar-refractivity contribution in [3.8, 4) is 0 Å². The first-order chi connectivity index (χ1) is 14.8. The second kappa shape index (κ2) is 7.95. The zero-order valence-electron chi connectivity index (χ0n) is 16.6. The minimum absolute atomic E-state index is 0.114. The molecule has 0 spiro atoms. The third-order valence-corrected chi connectivity index (χ3v) is 6.54. The van der Waals surface area contributed by atoms with Crippen molar-refractivity contribution in [3.05, 3.63) is 56.3 Å². The number of carboxylic acid groups (broad SMARTS) is 1. The molecule has 10 heteroatoms. The zero-order chi connectivity index (χ0) is 22.3. The Hall–Kier alpha value is -3.53. The molecular formula is C21H19N4O5S-. The second-order valence-corrected chi connectivity index (χ2v) is 8.72. The maximum atomic E-state index is 12.7. The van der Waals surface area contributed by atoms with E-state index < -0.39 is 35.6 Å². The second-order valence-electron chi connectivity index (χ2n) is 7.61. The number of aromatic carboxylic acids is 1. The fraction of sp³-hybridized carbons (Fsp3) is 0.286. The molecule has 9 nitrogen and oxygen atoms in total. The summed E-state index contributed by atoms with van der Waals surface area (Å²) in [7, 11) is 0. The van der Waals surface area contributed by atoms with Gasteiger partial charge in [0.2, 0.25) is 5.91 Å². The quantitative estimate of drug-likeness (QED) is 0.598. The van der Waals surface area contributed by atoms with Crippen LogP contribution < -0.4 is 21.7 Å². The van der Waals surface area contributed by atoms with Gasteiger partial charge < -0.3 is 21.0 Å². The number of nitrogens with zero attached hydrogens (tertiary/aromatic N) is 2. The summed E-state index contributed by atoms with van der Waals surface area (Å²) in [5.74, 6) is -2.33. The molecule has 31 heavy (non-hydrogen) atoms. The molecule has 1 aliphatic carbocycles. The molecule has 3 N–H and O–H groups in total. The van der Waals surface area contributed by atoms with Crippen LogP contribution in [0.15, 0.2) is 29.1 Å². The summed E-state index contributed by atoms with van der Waals surface area (Å²) in [5, 5.41) is 18.5. The van der Waals surface area contributed by atoms with Crippen molar-refractivity contribution in [2.24, 2.45) is 11.7 Å². The number of thiophene rings is 1. The molecule has 1 aliphatic rings. The number of carbonyl (C=O) groups excluding carboxylic acids is 3. The van der Waals surface area contributed by atoms with Crippen LogP contribution in [0.5, 0.6) is 0 Å². The van der Waals surface area contributed by atoms with Gasteiger partial charge in [0.05, 0.1) is 16.9 Å². The molecule has 1 atom stereocenters. The van der Waals surface area contributed by atoms with Crippen molar-refractivity contribution in [1.29, 1.82) is 0 Å². The highest BCUT2D eigenvalue weighted by molar-refractivity contribution is 7.17. The number of primary amides is 1. The summed E-state index contributed by atoms with van der Waals surface area (Å²) in [5.41, 5.74) is 5.69. The molecule has 0 unspecified atom stereocenters. The number of fused-ring (bicyclic) bond motifs is 2. The summed E-state index contributed by atoms with van der Waals surface area (Å²) >= 11 is 1.30. The van der Waals surface area contributed by atoms with Gasteiger partial charge in [-0.3, -0.25) is 14.4 Å². The predicted octanol–water partition coefficient (Wildman–Crippen LogP) is 0.684. The van der Waals surface area contributed by atoms with Crippen molar-refractivity contribution >= 4 is 44.9 Å². The molecule has 0 aliphatic heterocycles. The predicted molar refractivity (Wildman–Crippen MR) is 113 cm³/mol. The van der Waals surface area contributed by atoms with E-state index in [0.29, 0.717) is 22.9 Å². The molecule has 0 saturated heterocycles. The highest BCUT2D eigenvalue weighted by atomic mass is 32.1. The van der Waals surface area contributed by atoms with Gasteiger partial charge in [-0.25, -0.2) is 4.68 Å². The van der Waals surface area contributed by atoms with Crippen LogP contribution in [0, 0.1) is 5.92 Å². The van der Waals surface area contributed by atoms with E-state index in [2.05, 4.69) is 17.3 Å². The van der Waals surface area contributed by atoms with Crippen LogP contribution in [0.1, 0.15) is 44.6 Å². The van der Waals surface area contributed by atoms with E-state index in [1.165, 1.54) is 23.5 Å². The number of anilines is 1. The summed E-state index contributed by atoms with van der Waals surface area (Å²) in [6, 6.07) is 6.08. The smallest absolute Gasteiger partial charge is 0.275 e. The minimum Gasteiger partial charge on any atom is -0.543 e. The normalized spacial score (nSPS) is 15.5. The van der Waals surface area contributed by atoms with Gasteiger partial charge in [-0.2, -0.15) is 5.10 Å². The summed E-state index contributed by atoms with van der Waals surface area (Å²) < 4.78 is 0.780. The maximum absolute atomic E-state index is 12.7. The molecule has 3 aromatic rings. The number of carbonyl (C=O) groups is 3. The Kier molecular flexibility index (Phi) is 5.32. The Labute approximate surface area is 180 Å². The number of hydrogen-bond acceptors (Lipinski definition) is 7. The fourth-order valence-corrected chi connectivity index (χ4v) is 5.33. The van der Waals surface area contributed by atoms with Crippen LogP contribution >= 0.6 is 11.3 Å². The largest absolute Gasteiger partial charge is 0.543 e. The first-order valence-electron chi connectivity index (χ1n) is 9.71. The molecule has 4 rings (SSSR count). The van der Waals surface area contributed by atoms with E-state index in [1.807, 2.05) is 0 Å². The first-order valence-corrected chi connectivity index (χ1v) is 10.5. The molecule has 0 fully saturated rings. The lowest BCUT2D eigenvalue weighted by molar-refractivity contribution is -0.255. The van der Waals surface area contributed by atoms with Crippen molar-refractivity contribution in [3.63, 3.8) is 0 Å². The molecule has 0 radical (unpaired) electrons. The monoisotopic (exact) mass is 439 g/mol. The van der Waals surface area contributed by atoms with Gasteiger partial charge in [-0.15, -0.1) is 11.3 Å². The van der Waals surface area contributed by atoms with Gasteiger partial charge in [0.1, 0.15) is 17.2 Å². The van der Waals surface area contributed by atoms with Gasteiger partial charge in [-0.05, 0) is 36.8 Å². The van der Waals surface area contributed by atoms with Crippen molar-refractivity contribution in [2.45, 2.75) is 32.7 Å². The van der Waals surface area contributed by atoms with Gasteiger partial charge in [0, 0.05) is 10.3 Å². The Morgan fingerprint density at radius 2 is 2.00 bits per heavy atom. The average Bonchev–Trinajstić information content (AvgIpc) is 3.06. The number of amides is 2. The SMILES string of the molecule is C[C@H]1CCc2c(sc(NC(=O)Cn3nc(C(=O)[O-])c4ccccc4c3=O)c2C(N)=O)C1. The Balaban J connectivity index is 1.67. The molecule has 2 amide bonds. The molecule has 2 heterocycles. The molecule has 160 valence electrons. The summed E-state index contributed by atoms with van der Waals surface area (Å²) in [6.07, 6.45) is 2.44. The topological polar surface area (TPSA) is 147 Å². The first kappa shape index (κ1) is 20.7. The van der Waals surface area contributed by atoms with Crippen LogP contribution in [-0.2, 0) is 24.2 Å². The number of nitrogens with one attached hydrogen (secondary N) is 1. The summed E-state index contributed by atoms with van der Waals surface area (Å²) in [4.78, 5) is 49.9. The van der Waals surface area contributed by atoms with E-state index >= 15 is 0 Å². The Morgan fingerprint density at radius 3 is 2.68 bits per heavy atom. The molecular weight excluding hydrogens is 420 g/mol. The highest BCUT2D eigenvalue weighted by Crippen LogP contribution is 2.39. The van der Waals surface area contributed by atoms with Gasteiger partial charge in [0.15, 0.2) is 0 Å². The lowest BCUT2D eigenvalue weighted by Gasteiger charge is -2.18. The average molecular weight is 439 g/mol. The lowest BCUT2D eigenvalue weighted by atomic mass is 9.88. The fourth-order valence-electron chi connectivity index (χ4n) is 3.89. The molecule has 0 saturated carbocycles. The lowest BCUT2D eigenvalue weighted by Crippen LogP contribution is -2.34. The van der Waals surface area contributed by atoms with Gasteiger partial charge in [-0.1, -0.05) is 25.1 Å². The standard InChI is InChI=1S/C21H20N4O5S/c1-10-6-7-13-14(8-10)31-19(16(13)18(22)27)23-15(26)9-25-20(28)12-5-3-2-4-11(12)17(24-25)21(29)30/h2-5,10H,6-9H2,1H3,(H2,22,27)(H,23,26)(H,29,30)/p-1/t10-/m0/s1. The maximum Gasteiger partial charge on any atom is 0.275 e. The number of benzene rings is 1. The molecule has 1 aromatic carbocycles. The van der Waals surface area contributed by atoms with E-state index in [1.54, 1.807) is 12.1 Å². The van der Waals surface area contributed by atoms with Crippen LogP contribution in [-0.4, -0.2) is 27.6 Å². The Bertz CT molecular complexity index is 1290. The number of carboxylic acids is 1. The number of aromatic nitrogens is 2. The van der Waals surface area contributed by atoms with Gasteiger partial charge in [0.25, 0.3) is 11.5 Å². The highest BCUT2D eigenvalue weighted by Gasteiger charge is 2.27. The van der Waals surface area contributed by atoms with E-state index in [4.69, 9.17) is 5.73 Å². The number of nitrogens with two attached hydrogens (primary N) is 1. The molecule has 2 aromatic heterocycles. The van der Waals surface area contributed by atoms with E-state index in [9.17, 15) is 24.3 Å².